The van der Waals surface area contributed by atoms with Crippen molar-refractivity contribution >= 4 is 5.78 Å². The first kappa shape index (κ1) is 10.4. The molecular weight excluding hydrogens is 152 g/mol. The van der Waals surface area contributed by atoms with Gasteiger partial charge in [-0.1, -0.05) is 0 Å². The Morgan fingerprint density at radius 3 is 2.00 bits per heavy atom. The standard InChI is InChI=1S/C9H10N2O/c1-7(12)9(2,3)4-8(5-10)6-11/h4H,1-3H3. The molecule has 0 amide bonds. The number of carbonyl (C=O) groups excluding carboxylic acids is 1. The number of nitrogens with zero attached hydrogens (tertiary/aromatic N) is 2. The molecule has 0 saturated heterocycles. The molecule has 0 aliphatic rings. The van der Waals surface area contributed by atoms with Crippen molar-refractivity contribution in [3.05, 3.63) is 11.6 Å². The Morgan fingerprint density at radius 1 is 1.33 bits per heavy atom. The predicted molar refractivity (Wildman–Crippen MR) is 43.8 cm³/mol. The summed E-state index contributed by atoms with van der Waals surface area (Å²) in [5.41, 5.74) is -0.740. The third kappa shape index (κ3) is 2.56. The largest absolute Gasteiger partial charge is 0.299 e. The van der Waals surface area contributed by atoms with Crippen LogP contribution in [0.1, 0.15) is 20.8 Å². The second kappa shape index (κ2) is 3.69. The molecule has 0 aliphatic heterocycles. The minimum Gasteiger partial charge on any atom is -0.299 e. The van der Waals surface area contributed by atoms with Crippen LogP contribution < -0.4 is 0 Å². The van der Waals surface area contributed by atoms with E-state index in [4.69, 9.17) is 10.5 Å². The van der Waals surface area contributed by atoms with Gasteiger partial charge in [0.05, 0.1) is 0 Å². The molecule has 0 atom stereocenters. The zero-order chi connectivity index (χ0) is 9.78. The van der Waals surface area contributed by atoms with E-state index in [0.717, 1.165) is 0 Å². The summed E-state index contributed by atoms with van der Waals surface area (Å²) < 4.78 is 0. The first-order valence-corrected chi connectivity index (χ1v) is 3.48. The minimum atomic E-state index is -0.721. The lowest BCUT2D eigenvalue weighted by Gasteiger charge is -2.14. The summed E-state index contributed by atoms with van der Waals surface area (Å²) >= 11 is 0. The van der Waals surface area contributed by atoms with E-state index in [1.54, 1.807) is 26.0 Å². The van der Waals surface area contributed by atoms with Crippen LogP contribution in [-0.4, -0.2) is 5.78 Å². The topological polar surface area (TPSA) is 64.7 Å². The van der Waals surface area contributed by atoms with Crippen LogP contribution in [0.15, 0.2) is 11.6 Å². The van der Waals surface area contributed by atoms with Crippen molar-refractivity contribution in [2.24, 2.45) is 5.41 Å². The Bertz CT molecular complexity index is 283. The van der Waals surface area contributed by atoms with Crippen molar-refractivity contribution in [1.82, 2.24) is 0 Å². The van der Waals surface area contributed by atoms with Gasteiger partial charge in [-0.05, 0) is 26.8 Å². The van der Waals surface area contributed by atoms with Gasteiger partial charge in [0.1, 0.15) is 23.5 Å². The summed E-state index contributed by atoms with van der Waals surface area (Å²) in [6.07, 6.45) is 1.38. The monoisotopic (exact) mass is 162 g/mol. The van der Waals surface area contributed by atoms with E-state index in [2.05, 4.69) is 0 Å². The van der Waals surface area contributed by atoms with Gasteiger partial charge in [-0.15, -0.1) is 0 Å². The molecule has 0 aromatic carbocycles. The lowest BCUT2D eigenvalue weighted by molar-refractivity contribution is -0.122. The Morgan fingerprint density at radius 2 is 1.75 bits per heavy atom. The highest BCUT2D eigenvalue weighted by Crippen LogP contribution is 2.19. The van der Waals surface area contributed by atoms with Gasteiger partial charge >= 0.3 is 0 Å². The van der Waals surface area contributed by atoms with E-state index < -0.39 is 5.41 Å². The second-order valence-corrected chi connectivity index (χ2v) is 3.06. The third-order valence-electron chi connectivity index (χ3n) is 1.65. The molecule has 0 spiro atoms. The smallest absolute Gasteiger partial charge is 0.139 e. The molecule has 0 fully saturated rings. The van der Waals surface area contributed by atoms with Gasteiger partial charge in [0.15, 0.2) is 0 Å². The summed E-state index contributed by atoms with van der Waals surface area (Å²) in [7, 11) is 0. The highest BCUT2D eigenvalue weighted by atomic mass is 16.1. The summed E-state index contributed by atoms with van der Waals surface area (Å²) in [6.45, 7) is 4.77. The van der Waals surface area contributed by atoms with Crippen LogP contribution in [-0.2, 0) is 4.79 Å². The van der Waals surface area contributed by atoms with Crippen molar-refractivity contribution < 1.29 is 4.79 Å². The normalized spacial score (nSPS) is 9.42. The van der Waals surface area contributed by atoms with E-state index in [9.17, 15) is 4.79 Å². The third-order valence-corrected chi connectivity index (χ3v) is 1.65. The van der Waals surface area contributed by atoms with Gasteiger partial charge in [-0.2, -0.15) is 10.5 Å². The zero-order valence-electron chi connectivity index (χ0n) is 7.38. The van der Waals surface area contributed by atoms with E-state index in [1.165, 1.54) is 13.0 Å². The molecule has 0 saturated carbocycles. The number of carbonyl (C=O) groups is 1. The highest BCUT2D eigenvalue weighted by Gasteiger charge is 2.21. The maximum atomic E-state index is 11.0. The van der Waals surface area contributed by atoms with Gasteiger partial charge in [0.2, 0.25) is 0 Å². The number of Topliss-reactive ketones (excluding diaryl/α,β-unsaturated/α-hetero) is 1. The van der Waals surface area contributed by atoms with Gasteiger partial charge in [-0.3, -0.25) is 4.79 Å². The number of hydrogen-bond donors (Lipinski definition) is 0. The fourth-order valence-electron chi connectivity index (χ4n) is 0.552. The Balaban J connectivity index is 4.89. The molecule has 12 heavy (non-hydrogen) atoms. The van der Waals surface area contributed by atoms with Gasteiger partial charge in [-0.25, -0.2) is 0 Å². The summed E-state index contributed by atoms with van der Waals surface area (Å²) in [5.74, 6) is -0.0644. The predicted octanol–water partition coefficient (Wildman–Crippen LogP) is 1.58. The average Bonchev–Trinajstić information content (AvgIpc) is 2.00. The van der Waals surface area contributed by atoms with Crippen LogP contribution in [0.5, 0.6) is 0 Å². The molecule has 62 valence electrons. The number of hydrogen-bond acceptors (Lipinski definition) is 3. The Hall–Kier alpha value is -1.61. The van der Waals surface area contributed by atoms with Gasteiger partial charge in [0.25, 0.3) is 0 Å². The van der Waals surface area contributed by atoms with Crippen molar-refractivity contribution in [3.8, 4) is 12.1 Å². The number of rotatable bonds is 2. The molecule has 0 unspecified atom stereocenters. The first-order valence-electron chi connectivity index (χ1n) is 3.48. The van der Waals surface area contributed by atoms with Crippen LogP contribution in [0, 0.1) is 28.1 Å². The summed E-state index contributed by atoms with van der Waals surface area (Å²) in [5, 5.41) is 16.8. The van der Waals surface area contributed by atoms with E-state index in [-0.39, 0.29) is 11.4 Å². The molecule has 3 nitrogen and oxygen atoms in total. The van der Waals surface area contributed by atoms with Crippen molar-refractivity contribution in [3.63, 3.8) is 0 Å². The molecule has 0 radical (unpaired) electrons. The maximum absolute atomic E-state index is 11.0. The second-order valence-electron chi connectivity index (χ2n) is 3.06. The van der Waals surface area contributed by atoms with Crippen LogP contribution in [0.25, 0.3) is 0 Å². The number of nitriles is 2. The Kier molecular flexibility index (Phi) is 3.19. The molecule has 0 N–H and O–H groups in total. The van der Waals surface area contributed by atoms with Crippen molar-refractivity contribution in [2.45, 2.75) is 20.8 Å². The van der Waals surface area contributed by atoms with E-state index in [0.29, 0.717) is 0 Å². The van der Waals surface area contributed by atoms with Crippen molar-refractivity contribution in [2.75, 3.05) is 0 Å². The highest BCUT2D eigenvalue weighted by molar-refractivity contribution is 5.83. The van der Waals surface area contributed by atoms with Crippen molar-refractivity contribution in [1.29, 1.82) is 10.5 Å². The number of ketones is 1. The maximum Gasteiger partial charge on any atom is 0.139 e. The van der Waals surface area contributed by atoms with Crippen LogP contribution in [0.3, 0.4) is 0 Å². The van der Waals surface area contributed by atoms with Crippen LogP contribution in [0.4, 0.5) is 0 Å². The SMILES string of the molecule is CC(=O)C(C)(C)C=C(C#N)C#N. The lowest BCUT2D eigenvalue weighted by Crippen LogP contribution is -2.18. The molecule has 0 heterocycles. The summed E-state index contributed by atoms with van der Waals surface area (Å²) in [4.78, 5) is 11.0. The Labute approximate surface area is 71.9 Å². The van der Waals surface area contributed by atoms with E-state index >= 15 is 0 Å². The quantitative estimate of drug-likeness (QED) is 0.579. The minimum absolute atomic E-state index is 0.0183. The number of allylic oxidation sites excluding steroid dienone is 2. The van der Waals surface area contributed by atoms with Crippen LogP contribution in [0.2, 0.25) is 0 Å². The van der Waals surface area contributed by atoms with Crippen LogP contribution >= 0.6 is 0 Å². The van der Waals surface area contributed by atoms with Gasteiger partial charge < -0.3 is 0 Å². The molecule has 0 aliphatic carbocycles. The fraction of sp³-hybridized carbons (Fsp3) is 0.444. The molecule has 0 bridgehead atoms. The molecule has 3 heteroatoms. The molecular formula is C9H10N2O. The molecule has 0 aromatic rings. The molecule has 0 aromatic heterocycles. The molecule has 0 rings (SSSR count). The van der Waals surface area contributed by atoms with E-state index in [1.807, 2.05) is 0 Å². The lowest BCUT2D eigenvalue weighted by atomic mass is 9.87. The summed E-state index contributed by atoms with van der Waals surface area (Å²) in [6, 6.07) is 3.42. The zero-order valence-corrected chi connectivity index (χ0v) is 7.38. The van der Waals surface area contributed by atoms with Gasteiger partial charge in [0, 0.05) is 5.41 Å². The fourth-order valence-corrected chi connectivity index (χ4v) is 0.552. The average molecular weight is 162 g/mol. The first-order chi connectivity index (χ1) is 5.44.